The number of nitrogens with one attached hydrogen (secondary N) is 2. The average molecular weight is 640 g/mol. The molecular weight excluding hydrogens is 602 g/mol. The molecule has 0 unspecified atom stereocenters. The predicted molar refractivity (Wildman–Crippen MR) is 174 cm³/mol. The van der Waals surface area contributed by atoms with Crippen LogP contribution < -0.4 is 20.3 Å². The van der Waals surface area contributed by atoms with Gasteiger partial charge in [0.2, 0.25) is 11.9 Å². The van der Waals surface area contributed by atoms with Gasteiger partial charge >= 0.3 is 0 Å². The van der Waals surface area contributed by atoms with Gasteiger partial charge in [0, 0.05) is 6.42 Å². The number of hydrogen-bond acceptors (Lipinski definition) is 9. The van der Waals surface area contributed by atoms with Gasteiger partial charge in [0.25, 0.3) is 5.56 Å². The number of aliphatic hydroxyl groups is 2. The summed E-state index contributed by atoms with van der Waals surface area (Å²) in [7, 11) is 3.20. The van der Waals surface area contributed by atoms with E-state index in [0.717, 1.165) is 16.7 Å². The number of rotatable bonds is 10. The number of nitrogens with zero attached hydrogens (tertiary/aromatic N) is 3. The SMILES string of the molecule is COc1ccc(C(c2ccccc2)(c2ccc(OC)cc2)C(C)(C)C(=O)Nc2nc3c(ncn3[C@H]3C[C@H](O)[C@@H](CO)O3)c(=O)[nH]2)cc1. The Balaban J connectivity index is 1.47. The van der Waals surface area contributed by atoms with E-state index >= 15 is 0 Å². The molecule has 3 atom stereocenters. The number of imidazole rings is 1. The van der Waals surface area contributed by atoms with Crippen LogP contribution in [0.3, 0.4) is 0 Å². The Morgan fingerprint density at radius 2 is 1.55 bits per heavy atom. The minimum absolute atomic E-state index is 0.0443. The largest absolute Gasteiger partial charge is 0.497 e. The lowest BCUT2D eigenvalue weighted by atomic mass is 9.54. The Bertz CT molecular complexity index is 1870. The van der Waals surface area contributed by atoms with Crippen molar-refractivity contribution in [2.45, 2.75) is 44.1 Å². The van der Waals surface area contributed by atoms with Crippen LogP contribution in [0.1, 0.15) is 43.2 Å². The Morgan fingerprint density at radius 1 is 0.979 bits per heavy atom. The zero-order chi connectivity index (χ0) is 33.3. The number of ether oxygens (including phenoxy) is 3. The number of amides is 1. The first-order valence-corrected chi connectivity index (χ1v) is 15.2. The molecule has 6 rings (SSSR count). The zero-order valence-corrected chi connectivity index (χ0v) is 26.5. The second kappa shape index (κ2) is 12.6. The van der Waals surface area contributed by atoms with Crippen molar-refractivity contribution in [3.63, 3.8) is 0 Å². The summed E-state index contributed by atoms with van der Waals surface area (Å²) in [5.41, 5.74) is -0.103. The Hall–Kier alpha value is -5.04. The minimum Gasteiger partial charge on any atom is -0.497 e. The normalized spacial score (nSPS) is 18.3. The van der Waals surface area contributed by atoms with Crippen LogP contribution in [0.25, 0.3) is 11.2 Å². The molecule has 0 saturated carbocycles. The summed E-state index contributed by atoms with van der Waals surface area (Å²) in [4.78, 5) is 39.2. The number of H-pyrrole nitrogens is 1. The van der Waals surface area contributed by atoms with Crippen molar-refractivity contribution in [2.75, 3.05) is 26.1 Å². The van der Waals surface area contributed by atoms with Gasteiger partial charge < -0.3 is 24.4 Å². The molecule has 3 aromatic carbocycles. The molecule has 12 heteroatoms. The topological polar surface area (TPSA) is 161 Å². The summed E-state index contributed by atoms with van der Waals surface area (Å²) in [5, 5.41) is 22.7. The number of carbonyl (C=O) groups is 1. The van der Waals surface area contributed by atoms with Gasteiger partial charge in [-0.2, -0.15) is 4.98 Å². The number of aliphatic hydroxyl groups excluding tert-OH is 2. The van der Waals surface area contributed by atoms with Crippen LogP contribution in [0.5, 0.6) is 11.5 Å². The van der Waals surface area contributed by atoms with E-state index < -0.39 is 40.7 Å². The highest BCUT2D eigenvalue weighted by Crippen LogP contribution is 2.53. The maximum Gasteiger partial charge on any atom is 0.280 e. The summed E-state index contributed by atoms with van der Waals surface area (Å²) >= 11 is 0. The van der Waals surface area contributed by atoms with Crippen LogP contribution in [0, 0.1) is 5.41 Å². The summed E-state index contributed by atoms with van der Waals surface area (Å²) in [6, 6.07) is 25.0. The molecular formula is C35H37N5O7. The molecule has 1 saturated heterocycles. The van der Waals surface area contributed by atoms with E-state index in [-0.39, 0.29) is 30.1 Å². The molecule has 1 fully saturated rings. The smallest absolute Gasteiger partial charge is 0.280 e. The summed E-state index contributed by atoms with van der Waals surface area (Å²) in [6.07, 6.45) is -0.818. The van der Waals surface area contributed by atoms with E-state index in [0.29, 0.717) is 11.5 Å². The van der Waals surface area contributed by atoms with E-state index in [2.05, 4.69) is 20.3 Å². The fourth-order valence-corrected chi connectivity index (χ4v) is 6.63. The van der Waals surface area contributed by atoms with Gasteiger partial charge in [-0.3, -0.25) is 24.5 Å². The van der Waals surface area contributed by atoms with E-state index in [1.807, 2.05) is 92.7 Å². The quantitative estimate of drug-likeness (QED) is 0.167. The minimum atomic E-state index is -1.22. The van der Waals surface area contributed by atoms with Gasteiger partial charge in [0.1, 0.15) is 23.8 Å². The molecule has 0 radical (unpaired) electrons. The average Bonchev–Trinajstić information content (AvgIpc) is 3.69. The number of methoxy groups -OCH3 is 2. The van der Waals surface area contributed by atoms with Crippen molar-refractivity contribution in [1.82, 2.24) is 19.5 Å². The fourth-order valence-electron chi connectivity index (χ4n) is 6.63. The highest BCUT2D eigenvalue weighted by molar-refractivity contribution is 5.96. The van der Waals surface area contributed by atoms with Crippen molar-refractivity contribution in [1.29, 1.82) is 0 Å². The van der Waals surface area contributed by atoms with E-state index in [9.17, 15) is 19.8 Å². The van der Waals surface area contributed by atoms with Crippen molar-refractivity contribution in [3.05, 3.63) is 112 Å². The van der Waals surface area contributed by atoms with Crippen LogP contribution in [0.4, 0.5) is 5.95 Å². The predicted octanol–water partition coefficient (Wildman–Crippen LogP) is 3.78. The number of fused-ring (bicyclic) bond motifs is 1. The Labute approximate surface area is 271 Å². The maximum absolute atomic E-state index is 14.7. The van der Waals surface area contributed by atoms with Gasteiger partial charge in [-0.25, -0.2) is 4.98 Å². The molecule has 1 amide bonds. The number of anilines is 1. The fraction of sp³-hybridized carbons (Fsp3) is 0.314. The lowest BCUT2D eigenvalue weighted by molar-refractivity contribution is -0.126. The summed E-state index contributed by atoms with van der Waals surface area (Å²) in [6.45, 7) is 3.35. The Morgan fingerprint density at radius 3 is 2.09 bits per heavy atom. The number of benzene rings is 3. The molecule has 1 aliphatic rings. The molecule has 4 N–H and O–H groups in total. The molecule has 244 valence electrons. The lowest BCUT2D eigenvalue weighted by Gasteiger charge is -2.47. The molecule has 12 nitrogen and oxygen atoms in total. The van der Waals surface area contributed by atoms with Crippen molar-refractivity contribution >= 4 is 23.0 Å². The highest BCUT2D eigenvalue weighted by Gasteiger charge is 2.53. The van der Waals surface area contributed by atoms with E-state index in [4.69, 9.17) is 14.2 Å². The molecule has 47 heavy (non-hydrogen) atoms. The van der Waals surface area contributed by atoms with E-state index in [1.54, 1.807) is 14.2 Å². The van der Waals surface area contributed by atoms with Crippen molar-refractivity contribution in [3.8, 4) is 11.5 Å². The number of aromatic nitrogens is 4. The first-order chi connectivity index (χ1) is 22.6. The molecule has 0 bridgehead atoms. The van der Waals surface area contributed by atoms with Crippen molar-refractivity contribution in [2.24, 2.45) is 5.41 Å². The monoisotopic (exact) mass is 639 g/mol. The van der Waals surface area contributed by atoms with Gasteiger partial charge in [-0.1, -0.05) is 54.6 Å². The second-order valence-corrected chi connectivity index (χ2v) is 12.0. The van der Waals surface area contributed by atoms with Crippen LogP contribution in [0.15, 0.2) is 90.0 Å². The maximum atomic E-state index is 14.7. The van der Waals surface area contributed by atoms with Crippen LogP contribution in [0.2, 0.25) is 0 Å². The molecule has 0 aliphatic carbocycles. The van der Waals surface area contributed by atoms with Crippen LogP contribution in [-0.2, 0) is 14.9 Å². The second-order valence-electron chi connectivity index (χ2n) is 12.0. The third-order valence-electron chi connectivity index (χ3n) is 9.12. The third kappa shape index (κ3) is 5.43. The number of aromatic amines is 1. The first-order valence-electron chi connectivity index (χ1n) is 15.2. The molecule has 0 spiro atoms. The molecule has 1 aliphatic heterocycles. The molecule has 2 aromatic heterocycles. The van der Waals surface area contributed by atoms with Gasteiger partial charge in [0.05, 0.1) is 44.1 Å². The molecule has 5 aromatic rings. The first kappa shape index (κ1) is 31.9. The van der Waals surface area contributed by atoms with Crippen molar-refractivity contribution < 1.29 is 29.2 Å². The standard InChI is InChI=1S/C35H37N5O7/c1-34(2,32(44)39-33-37-30-29(31(43)38-33)36-20-40(30)28-18-26(42)27(19-41)47-28)35(21-8-6-5-7-9-21,22-10-14-24(45-3)15-11-22)23-12-16-25(46-4)17-13-23/h5-17,20,26-28,41-42H,18-19H2,1-4H3,(H2,37,38,39,43,44)/t26-,27+,28+/m0/s1. The Kier molecular flexibility index (Phi) is 8.58. The summed E-state index contributed by atoms with van der Waals surface area (Å²) < 4.78 is 18.2. The van der Waals surface area contributed by atoms with E-state index in [1.165, 1.54) is 10.9 Å². The summed E-state index contributed by atoms with van der Waals surface area (Å²) in [5.74, 6) is 0.840. The van der Waals surface area contributed by atoms with Gasteiger partial charge in [-0.05, 0) is 54.8 Å². The number of carbonyl (C=O) groups excluding carboxylic acids is 1. The van der Waals surface area contributed by atoms with Crippen LogP contribution >= 0.6 is 0 Å². The van der Waals surface area contributed by atoms with Crippen LogP contribution in [-0.4, -0.2) is 68.7 Å². The van der Waals surface area contributed by atoms with Gasteiger partial charge in [0.15, 0.2) is 11.2 Å². The highest BCUT2D eigenvalue weighted by atomic mass is 16.5. The lowest BCUT2D eigenvalue weighted by Crippen LogP contribution is -2.51. The zero-order valence-electron chi connectivity index (χ0n) is 26.5. The number of hydrogen-bond donors (Lipinski definition) is 4. The molecule has 3 heterocycles. The van der Waals surface area contributed by atoms with Gasteiger partial charge in [-0.15, -0.1) is 0 Å². The third-order valence-corrected chi connectivity index (χ3v) is 9.12.